The Hall–Kier alpha value is -0.810. The van der Waals surface area contributed by atoms with Gasteiger partial charge in [-0.1, -0.05) is 13.8 Å². The fourth-order valence-electron chi connectivity index (χ4n) is 2.29. The molecule has 1 heterocycles. The SMILES string of the molecule is CCCC(=O)N1CCCC(C(=O)NCC(C)CN)C1.Cl. The number of nitrogens with two attached hydrogens (primary N) is 1. The lowest BCUT2D eigenvalue weighted by Crippen LogP contribution is -2.46. The molecule has 1 rings (SSSR count). The molecule has 1 saturated heterocycles. The van der Waals surface area contributed by atoms with Crippen molar-refractivity contribution in [3.05, 3.63) is 0 Å². The van der Waals surface area contributed by atoms with Crippen molar-refractivity contribution < 1.29 is 9.59 Å². The molecule has 0 aromatic heterocycles. The largest absolute Gasteiger partial charge is 0.355 e. The Bertz CT molecular complexity index is 313. The summed E-state index contributed by atoms with van der Waals surface area (Å²) < 4.78 is 0. The Morgan fingerprint density at radius 3 is 2.75 bits per heavy atom. The van der Waals surface area contributed by atoms with E-state index in [1.807, 2.05) is 18.7 Å². The Morgan fingerprint density at radius 2 is 2.15 bits per heavy atom. The molecule has 5 nitrogen and oxygen atoms in total. The third-order valence-electron chi connectivity index (χ3n) is 3.64. The average molecular weight is 306 g/mol. The van der Waals surface area contributed by atoms with Gasteiger partial charge in [0.25, 0.3) is 0 Å². The number of amides is 2. The number of carbonyl (C=O) groups excluding carboxylic acids is 2. The molecule has 0 aliphatic carbocycles. The van der Waals surface area contributed by atoms with E-state index in [1.165, 1.54) is 0 Å². The molecule has 0 saturated carbocycles. The smallest absolute Gasteiger partial charge is 0.224 e. The molecule has 0 aromatic carbocycles. The van der Waals surface area contributed by atoms with Crippen LogP contribution in [0.2, 0.25) is 0 Å². The van der Waals surface area contributed by atoms with Crippen molar-refractivity contribution in [2.24, 2.45) is 17.6 Å². The summed E-state index contributed by atoms with van der Waals surface area (Å²) in [6.45, 7) is 6.57. The number of hydrogen-bond acceptors (Lipinski definition) is 3. The molecule has 6 heteroatoms. The number of piperidine rings is 1. The van der Waals surface area contributed by atoms with Gasteiger partial charge in [-0.05, 0) is 31.7 Å². The third kappa shape index (κ3) is 6.09. The van der Waals surface area contributed by atoms with E-state index in [2.05, 4.69) is 5.32 Å². The number of halogens is 1. The maximum absolute atomic E-state index is 12.1. The van der Waals surface area contributed by atoms with Crippen molar-refractivity contribution in [3.63, 3.8) is 0 Å². The summed E-state index contributed by atoms with van der Waals surface area (Å²) in [6.07, 6.45) is 3.23. The van der Waals surface area contributed by atoms with Gasteiger partial charge in [0.05, 0.1) is 5.92 Å². The van der Waals surface area contributed by atoms with E-state index in [4.69, 9.17) is 5.73 Å². The molecule has 0 spiro atoms. The Balaban J connectivity index is 0.00000361. The van der Waals surface area contributed by atoms with Crippen LogP contribution in [0.3, 0.4) is 0 Å². The van der Waals surface area contributed by atoms with Gasteiger partial charge in [-0.3, -0.25) is 9.59 Å². The minimum Gasteiger partial charge on any atom is -0.355 e. The molecule has 1 fully saturated rings. The molecular formula is C14H28ClN3O2. The second-order valence-electron chi connectivity index (χ2n) is 5.51. The fourth-order valence-corrected chi connectivity index (χ4v) is 2.29. The lowest BCUT2D eigenvalue weighted by molar-refractivity contribution is -0.135. The number of nitrogens with zero attached hydrogens (tertiary/aromatic N) is 1. The predicted molar refractivity (Wildman–Crippen MR) is 82.7 cm³/mol. The number of carbonyl (C=O) groups is 2. The summed E-state index contributed by atoms with van der Waals surface area (Å²) in [5.41, 5.74) is 5.53. The van der Waals surface area contributed by atoms with Crippen LogP contribution in [0.5, 0.6) is 0 Å². The number of rotatable bonds is 6. The van der Waals surface area contributed by atoms with Crippen molar-refractivity contribution in [1.82, 2.24) is 10.2 Å². The van der Waals surface area contributed by atoms with Crippen molar-refractivity contribution >= 4 is 24.2 Å². The van der Waals surface area contributed by atoms with E-state index in [-0.39, 0.29) is 30.1 Å². The molecule has 2 unspecified atom stereocenters. The second-order valence-corrected chi connectivity index (χ2v) is 5.51. The summed E-state index contributed by atoms with van der Waals surface area (Å²) in [4.78, 5) is 25.7. The Morgan fingerprint density at radius 1 is 1.45 bits per heavy atom. The first-order chi connectivity index (χ1) is 9.08. The molecule has 3 N–H and O–H groups in total. The van der Waals surface area contributed by atoms with Crippen LogP contribution in [-0.4, -0.2) is 42.9 Å². The normalized spacial score (nSPS) is 19.9. The zero-order valence-electron chi connectivity index (χ0n) is 12.6. The molecule has 2 atom stereocenters. The molecule has 2 amide bonds. The van der Waals surface area contributed by atoms with Gasteiger partial charge in [-0.15, -0.1) is 12.4 Å². The topological polar surface area (TPSA) is 75.4 Å². The average Bonchev–Trinajstić information content (AvgIpc) is 2.44. The van der Waals surface area contributed by atoms with Crippen molar-refractivity contribution in [2.75, 3.05) is 26.2 Å². The predicted octanol–water partition coefficient (Wildman–Crippen LogP) is 1.16. The van der Waals surface area contributed by atoms with E-state index in [1.54, 1.807) is 0 Å². The molecule has 118 valence electrons. The maximum atomic E-state index is 12.1. The molecule has 1 aliphatic heterocycles. The van der Waals surface area contributed by atoms with E-state index in [0.29, 0.717) is 32.0 Å². The van der Waals surface area contributed by atoms with Gasteiger partial charge in [0.15, 0.2) is 0 Å². The van der Waals surface area contributed by atoms with Crippen LogP contribution in [0.1, 0.15) is 39.5 Å². The van der Waals surface area contributed by atoms with E-state index < -0.39 is 0 Å². The zero-order valence-corrected chi connectivity index (χ0v) is 13.4. The number of likely N-dealkylation sites (tertiary alicyclic amines) is 1. The van der Waals surface area contributed by atoms with E-state index in [0.717, 1.165) is 25.8 Å². The van der Waals surface area contributed by atoms with Gasteiger partial charge in [-0.2, -0.15) is 0 Å². The summed E-state index contributed by atoms with van der Waals surface area (Å²) >= 11 is 0. The number of nitrogens with one attached hydrogen (secondary N) is 1. The highest BCUT2D eigenvalue weighted by molar-refractivity contribution is 5.85. The van der Waals surface area contributed by atoms with Crippen molar-refractivity contribution in [3.8, 4) is 0 Å². The standard InChI is InChI=1S/C14H27N3O2.ClH/c1-3-5-13(18)17-7-4-6-12(10-17)14(19)16-9-11(2)8-15;/h11-12H,3-10,15H2,1-2H3,(H,16,19);1H. The maximum Gasteiger partial charge on any atom is 0.224 e. The van der Waals surface area contributed by atoms with Crippen LogP contribution in [-0.2, 0) is 9.59 Å². The first kappa shape index (κ1) is 19.2. The summed E-state index contributed by atoms with van der Waals surface area (Å²) in [7, 11) is 0. The first-order valence-electron chi connectivity index (χ1n) is 7.34. The van der Waals surface area contributed by atoms with E-state index >= 15 is 0 Å². The summed E-state index contributed by atoms with van der Waals surface area (Å²) in [5, 5.41) is 2.94. The van der Waals surface area contributed by atoms with Gasteiger partial charge >= 0.3 is 0 Å². The van der Waals surface area contributed by atoms with Crippen molar-refractivity contribution in [1.29, 1.82) is 0 Å². The Kier molecular flexibility index (Phi) is 9.59. The molecule has 0 bridgehead atoms. The van der Waals surface area contributed by atoms with Crippen LogP contribution in [0.4, 0.5) is 0 Å². The Labute approximate surface area is 128 Å². The molecule has 0 radical (unpaired) electrons. The lowest BCUT2D eigenvalue weighted by atomic mass is 9.96. The highest BCUT2D eigenvalue weighted by Gasteiger charge is 2.27. The van der Waals surface area contributed by atoms with Crippen LogP contribution in [0.15, 0.2) is 0 Å². The van der Waals surface area contributed by atoms with E-state index in [9.17, 15) is 9.59 Å². The molecule has 20 heavy (non-hydrogen) atoms. The van der Waals surface area contributed by atoms with Crippen LogP contribution in [0, 0.1) is 11.8 Å². The highest BCUT2D eigenvalue weighted by atomic mass is 35.5. The first-order valence-corrected chi connectivity index (χ1v) is 7.34. The van der Waals surface area contributed by atoms with Gasteiger partial charge in [-0.25, -0.2) is 0 Å². The fraction of sp³-hybridized carbons (Fsp3) is 0.857. The zero-order chi connectivity index (χ0) is 14.3. The van der Waals surface area contributed by atoms with Crippen LogP contribution in [0.25, 0.3) is 0 Å². The third-order valence-corrected chi connectivity index (χ3v) is 3.64. The highest BCUT2D eigenvalue weighted by Crippen LogP contribution is 2.17. The lowest BCUT2D eigenvalue weighted by Gasteiger charge is -2.32. The van der Waals surface area contributed by atoms with Gasteiger partial charge < -0.3 is 16.0 Å². The summed E-state index contributed by atoms with van der Waals surface area (Å²) in [6, 6.07) is 0. The molecule has 0 aromatic rings. The van der Waals surface area contributed by atoms with Gasteiger partial charge in [0.1, 0.15) is 0 Å². The minimum absolute atomic E-state index is 0. The van der Waals surface area contributed by atoms with Crippen LogP contribution >= 0.6 is 12.4 Å². The molecule has 1 aliphatic rings. The minimum atomic E-state index is -0.0560. The monoisotopic (exact) mass is 305 g/mol. The second kappa shape index (κ2) is 10.00. The molecular weight excluding hydrogens is 278 g/mol. The summed E-state index contributed by atoms with van der Waals surface area (Å²) in [5.74, 6) is 0.481. The number of hydrogen-bond donors (Lipinski definition) is 2. The van der Waals surface area contributed by atoms with Crippen molar-refractivity contribution in [2.45, 2.75) is 39.5 Å². The van der Waals surface area contributed by atoms with Crippen LogP contribution < -0.4 is 11.1 Å². The quantitative estimate of drug-likeness (QED) is 0.773. The van der Waals surface area contributed by atoms with Gasteiger partial charge in [0, 0.05) is 26.1 Å². The van der Waals surface area contributed by atoms with Gasteiger partial charge in [0.2, 0.25) is 11.8 Å².